The smallest absolute Gasteiger partial charge is 0.256 e. The summed E-state index contributed by atoms with van der Waals surface area (Å²) in [6.07, 6.45) is 1.71. The van der Waals surface area contributed by atoms with Gasteiger partial charge >= 0.3 is 0 Å². The number of anilines is 1. The zero-order valence-electron chi connectivity index (χ0n) is 16.8. The number of carbonyl (C=O) groups excluding carboxylic acids is 1. The third-order valence-corrected chi connectivity index (χ3v) is 5.43. The molecule has 1 amide bonds. The first-order chi connectivity index (χ1) is 13.3. The molecule has 1 aliphatic rings. The molecule has 4 rings (SSSR count). The molecule has 0 spiro atoms. The second-order valence-corrected chi connectivity index (χ2v) is 7.58. The van der Waals surface area contributed by atoms with Crippen molar-refractivity contribution in [2.75, 3.05) is 25.5 Å². The number of hydrogen-bond donors (Lipinski definition) is 1. The third-order valence-electron chi connectivity index (χ3n) is 5.43. The van der Waals surface area contributed by atoms with Crippen molar-refractivity contribution in [2.45, 2.75) is 26.8 Å². The van der Waals surface area contributed by atoms with Gasteiger partial charge in [-0.3, -0.25) is 14.6 Å². The Morgan fingerprint density at radius 1 is 1.21 bits per heavy atom. The van der Waals surface area contributed by atoms with E-state index < -0.39 is 0 Å². The first-order valence-electron chi connectivity index (χ1n) is 9.42. The number of benzene rings is 1. The fourth-order valence-corrected chi connectivity index (χ4v) is 4.26. The zero-order valence-corrected chi connectivity index (χ0v) is 16.8. The molecule has 1 aliphatic heterocycles. The van der Waals surface area contributed by atoms with Crippen molar-refractivity contribution in [3.8, 4) is 11.1 Å². The van der Waals surface area contributed by atoms with E-state index in [9.17, 15) is 9.59 Å². The van der Waals surface area contributed by atoms with Gasteiger partial charge in [0.05, 0.1) is 11.2 Å². The van der Waals surface area contributed by atoms with E-state index in [0.717, 1.165) is 40.3 Å². The number of carbonyl (C=O) groups is 1. The number of aromatic nitrogens is 2. The van der Waals surface area contributed by atoms with Crippen LogP contribution in [-0.4, -0.2) is 36.1 Å². The Kier molecular flexibility index (Phi) is 4.22. The van der Waals surface area contributed by atoms with Crippen LogP contribution in [0.4, 0.5) is 5.69 Å². The Balaban J connectivity index is 2.12. The van der Waals surface area contributed by atoms with Crippen molar-refractivity contribution in [2.24, 2.45) is 0 Å². The van der Waals surface area contributed by atoms with Gasteiger partial charge in [-0.2, -0.15) is 0 Å². The Labute approximate surface area is 163 Å². The largest absolute Gasteiger partial charge is 0.370 e. The predicted molar refractivity (Wildman–Crippen MR) is 112 cm³/mol. The number of nitrogens with zero attached hydrogens (tertiary/aromatic N) is 3. The fraction of sp³-hybridized carbons (Fsp3) is 0.318. The first-order valence-corrected chi connectivity index (χ1v) is 9.42. The zero-order chi connectivity index (χ0) is 20.2. The molecule has 1 atom stereocenters. The molecule has 3 aromatic rings. The molecule has 3 heterocycles. The number of nitrogens with one attached hydrogen (secondary N) is 1. The Morgan fingerprint density at radius 3 is 2.54 bits per heavy atom. The van der Waals surface area contributed by atoms with Gasteiger partial charge in [0.15, 0.2) is 0 Å². The molecule has 0 saturated heterocycles. The number of likely N-dealkylation sites (N-methyl/N-ethyl adjacent to an activating group) is 1. The summed E-state index contributed by atoms with van der Waals surface area (Å²) in [6.45, 7) is 6.86. The molecule has 1 N–H and O–H groups in total. The van der Waals surface area contributed by atoms with Crippen LogP contribution in [0.1, 0.15) is 34.7 Å². The summed E-state index contributed by atoms with van der Waals surface area (Å²) in [6, 6.07) is 8.10. The Hall–Kier alpha value is -3.15. The minimum absolute atomic E-state index is 0.139. The quantitative estimate of drug-likeness (QED) is 0.746. The van der Waals surface area contributed by atoms with Gasteiger partial charge in [-0.1, -0.05) is 6.07 Å². The van der Waals surface area contributed by atoms with Crippen LogP contribution in [-0.2, 0) is 0 Å². The first kappa shape index (κ1) is 18.2. The maximum Gasteiger partial charge on any atom is 0.256 e. The number of amides is 1. The topological polar surface area (TPSA) is 67.2 Å². The van der Waals surface area contributed by atoms with Crippen molar-refractivity contribution in [3.05, 3.63) is 57.6 Å². The normalized spacial score (nSPS) is 15.8. The van der Waals surface area contributed by atoms with Crippen LogP contribution in [0.25, 0.3) is 22.0 Å². The van der Waals surface area contributed by atoms with Crippen LogP contribution in [0.3, 0.4) is 0 Å². The highest BCUT2D eigenvalue weighted by atomic mass is 16.2. The molecule has 6 nitrogen and oxygen atoms in total. The predicted octanol–water partition coefficient (Wildman–Crippen LogP) is 3.05. The monoisotopic (exact) mass is 376 g/mol. The molecule has 0 radical (unpaired) electrons. The van der Waals surface area contributed by atoms with E-state index >= 15 is 0 Å². The van der Waals surface area contributed by atoms with E-state index in [-0.39, 0.29) is 22.9 Å². The van der Waals surface area contributed by atoms with E-state index in [4.69, 9.17) is 0 Å². The highest BCUT2D eigenvalue weighted by molar-refractivity contribution is 6.04. The summed E-state index contributed by atoms with van der Waals surface area (Å²) in [7, 11) is 3.60. The van der Waals surface area contributed by atoms with Crippen LogP contribution >= 0.6 is 0 Å². The van der Waals surface area contributed by atoms with Crippen LogP contribution in [0.15, 0.2) is 35.3 Å². The standard InChI is InChI=1S/C22H24N4O2/c1-12-8-15(9-13(2)24-12)16-6-7-17-20-19(16)25(5)10-14(3)26(20)11-18(21(17)27)22(28)23-4/h6-9,11,14H,10H2,1-5H3,(H,23,28)/t14-/m0/s1. The van der Waals surface area contributed by atoms with E-state index in [0.29, 0.717) is 5.39 Å². The molecule has 28 heavy (non-hydrogen) atoms. The molecule has 144 valence electrons. The second kappa shape index (κ2) is 6.48. The van der Waals surface area contributed by atoms with Gasteiger partial charge in [0.25, 0.3) is 5.91 Å². The Morgan fingerprint density at radius 2 is 1.89 bits per heavy atom. The molecular formula is C22H24N4O2. The van der Waals surface area contributed by atoms with Gasteiger partial charge in [0.2, 0.25) is 5.43 Å². The number of rotatable bonds is 2. The summed E-state index contributed by atoms with van der Waals surface area (Å²) in [5, 5.41) is 3.14. The van der Waals surface area contributed by atoms with Crippen molar-refractivity contribution in [1.82, 2.24) is 14.9 Å². The summed E-state index contributed by atoms with van der Waals surface area (Å²) in [5.74, 6) is -0.354. The van der Waals surface area contributed by atoms with E-state index in [1.165, 1.54) is 0 Å². The molecular weight excluding hydrogens is 352 g/mol. The van der Waals surface area contributed by atoms with Crippen molar-refractivity contribution < 1.29 is 4.79 Å². The molecule has 2 aromatic heterocycles. The summed E-state index contributed by atoms with van der Waals surface area (Å²) in [4.78, 5) is 32.0. The van der Waals surface area contributed by atoms with Crippen molar-refractivity contribution in [3.63, 3.8) is 0 Å². The molecule has 0 aliphatic carbocycles. The fourth-order valence-electron chi connectivity index (χ4n) is 4.26. The lowest BCUT2D eigenvalue weighted by atomic mass is 9.96. The highest BCUT2D eigenvalue weighted by Crippen LogP contribution is 2.40. The van der Waals surface area contributed by atoms with Gasteiger partial charge in [0, 0.05) is 55.2 Å². The maximum atomic E-state index is 13.0. The van der Waals surface area contributed by atoms with Crippen molar-refractivity contribution >= 4 is 22.5 Å². The van der Waals surface area contributed by atoms with E-state index in [1.54, 1.807) is 13.2 Å². The van der Waals surface area contributed by atoms with Crippen LogP contribution in [0.2, 0.25) is 0 Å². The summed E-state index contributed by atoms with van der Waals surface area (Å²) >= 11 is 0. The Bertz CT molecular complexity index is 1160. The number of aryl methyl sites for hydroxylation is 2. The van der Waals surface area contributed by atoms with E-state index in [2.05, 4.69) is 45.9 Å². The van der Waals surface area contributed by atoms with Gasteiger partial charge < -0.3 is 14.8 Å². The molecule has 0 unspecified atom stereocenters. The number of hydrogen-bond acceptors (Lipinski definition) is 4. The minimum atomic E-state index is -0.354. The lowest BCUT2D eigenvalue weighted by molar-refractivity contribution is 0.0961. The van der Waals surface area contributed by atoms with Gasteiger partial charge in [0.1, 0.15) is 5.56 Å². The lowest BCUT2D eigenvalue weighted by Crippen LogP contribution is -2.35. The van der Waals surface area contributed by atoms with Gasteiger partial charge in [-0.05, 0) is 44.5 Å². The SMILES string of the molecule is CNC(=O)c1cn2c3c(c(-c4cc(C)nc(C)c4)ccc3c1=O)N(C)C[C@@H]2C. The van der Waals surface area contributed by atoms with Crippen LogP contribution in [0.5, 0.6) is 0 Å². The lowest BCUT2D eigenvalue weighted by Gasteiger charge is -2.35. The molecule has 0 saturated carbocycles. The summed E-state index contributed by atoms with van der Waals surface area (Å²) in [5.41, 5.74) is 5.91. The van der Waals surface area contributed by atoms with E-state index in [1.807, 2.05) is 26.0 Å². The minimum Gasteiger partial charge on any atom is -0.370 e. The molecule has 6 heteroatoms. The molecule has 0 bridgehead atoms. The average molecular weight is 376 g/mol. The van der Waals surface area contributed by atoms with Gasteiger partial charge in [-0.15, -0.1) is 0 Å². The van der Waals surface area contributed by atoms with Crippen LogP contribution < -0.4 is 15.6 Å². The highest BCUT2D eigenvalue weighted by Gasteiger charge is 2.27. The maximum absolute atomic E-state index is 13.0. The van der Waals surface area contributed by atoms with Crippen molar-refractivity contribution in [1.29, 1.82) is 0 Å². The van der Waals surface area contributed by atoms with Gasteiger partial charge in [-0.25, -0.2) is 0 Å². The third kappa shape index (κ3) is 2.68. The second-order valence-electron chi connectivity index (χ2n) is 7.58. The number of pyridine rings is 2. The van der Waals surface area contributed by atoms with Crippen LogP contribution in [0, 0.1) is 13.8 Å². The molecule has 1 aromatic carbocycles. The molecule has 0 fully saturated rings. The average Bonchev–Trinajstić information content (AvgIpc) is 2.65. The summed E-state index contributed by atoms with van der Waals surface area (Å²) < 4.78 is 2.07.